The number of rotatable bonds is 4. The van der Waals surface area contributed by atoms with Crippen LogP contribution < -0.4 is 5.32 Å². The average molecular weight is 390 g/mol. The SMILES string of the molecule is CNC1CCN(C(=O)c2sccc2S(=O)(=O)N2CCSCC2)CC1. The summed E-state index contributed by atoms with van der Waals surface area (Å²) in [7, 11) is -1.64. The Bertz CT molecular complexity index is 675. The first kappa shape index (κ1) is 18.2. The lowest BCUT2D eigenvalue weighted by Crippen LogP contribution is -2.44. The van der Waals surface area contributed by atoms with E-state index in [1.54, 1.807) is 28.1 Å². The molecule has 2 fully saturated rings. The molecule has 0 atom stereocenters. The van der Waals surface area contributed by atoms with Crippen molar-refractivity contribution in [3.8, 4) is 0 Å². The van der Waals surface area contributed by atoms with Gasteiger partial charge in [-0.3, -0.25) is 4.79 Å². The molecule has 2 aliphatic rings. The standard InChI is InChI=1S/C15H23N3O3S3/c1-16-12-2-5-17(6-3-12)15(19)14-13(4-9-23-14)24(20,21)18-7-10-22-11-8-18/h4,9,12,16H,2-3,5-8,10-11H2,1H3. The van der Waals surface area contributed by atoms with Crippen molar-refractivity contribution < 1.29 is 13.2 Å². The molecule has 0 saturated carbocycles. The predicted molar refractivity (Wildman–Crippen MR) is 98.4 cm³/mol. The largest absolute Gasteiger partial charge is 0.338 e. The van der Waals surface area contributed by atoms with Gasteiger partial charge in [-0.05, 0) is 31.3 Å². The quantitative estimate of drug-likeness (QED) is 0.841. The van der Waals surface area contributed by atoms with Crippen molar-refractivity contribution in [1.82, 2.24) is 14.5 Å². The molecule has 0 radical (unpaired) electrons. The highest BCUT2D eigenvalue weighted by atomic mass is 32.2. The molecule has 0 bridgehead atoms. The molecule has 3 rings (SSSR count). The summed E-state index contributed by atoms with van der Waals surface area (Å²) < 4.78 is 27.3. The molecule has 0 spiro atoms. The van der Waals surface area contributed by atoms with E-state index in [0.717, 1.165) is 24.3 Å². The molecule has 0 aromatic carbocycles. The lowest BCUT2D eigenvalue weighted by molar-refractivity contribution is 0.0708. The Hall–Kier alpha value is -0.610. The highest BCUT2D eigenvalue weighted by Crippen LogP contribution is 2.29. The molecule has 9 heteroatoms. The van der Waals surface area contributed by atoms with E-state index in [2.05, 4.69) is 5.32 Å². The number of nitrogens with one attached hydrogen (secondary N) is 1. The van der Waals surface area contributed by atoms with Crippen molar-refractivity contribution in [2.45, 2.75) is 23.8 Å². The number of hydrogen-bond donors (Lipinski definition) is 1. The zero-order valence-corrected chi connectivity index (χ0v) is 16.2. The van der Waals surface area contributed by atoms with Gasteiger partial charge in [-0.25, -0.2) is 8.42 Å². The van der Waals surface area contributed by atoms with Crippen molar-refractivity contribution in [3.63, 3.8) is 0 Å². The van der Waals surface area contributed by atoms with Gasteiger partial charge in [-0.15, -0.1) is 11.3 Å². The lowest BCUT2D eigenvalue weighted by Gasteiger charge is -2.32. The maximum atomic E-state index is 12.9. The molecular weight excluding hydrogens is 366 g/mol. The molecule has 1 aromatic rings. The first-order chi connectivity index (χ1) is 11.5. The van der Waals surface area contributed by atoms with Gasteiger partial charge in [0.05, 0.1) is 0 Å². The Morgan fingerprint density at radius 2 is 1.88 bits per heavy atom. The van der Waals surface area contributed by atoms with Crippen LogP contribution in [0, 0.1) is 0 Å². The number of carbonyl (C=O) groups excluding carboxylic acids is 1. The Kier molecular flexibility index (Phi) is 5.86. The number of amides is 1. The van der Waals surface area contributed by atoms with Crippen molar-refractivity contribution in [2.24, 2.45) is 0 Å². The molecule has 0 aliphatic carbocycles. The Morgan fingerprint density at radius 3 is 2.50 bits per heavy atom. The molecular formula is C15H23N3O3S3. The van der Waals surface area contributed by atoms with Gasteiger partial charge in [-0.2, -0.15) is 16.1 Å². The minimum absolute atomic E-state index is 0.149. The second kappa shape index (κ2) is 7.74. The first-order valence-corrected chi connectivity index (χ1v) is 11.6. The molecule has 1 aromatic heterocycles. The molecule has 134 valence electrons. The van der Waals surface area contributed by atoms with Crippen molar-refractivity contribution in [3.05, 3.63) is 16.3 Å². The van der Waals surface area contributed by atoms with Crippen LogP contribution in [0.5, 0.6) is 0 Å². The topological polar surface area (TPSA) is 69.7 Å². The summed E-state index contributed by atoms with van der Waals surface area (Å²) in [6.07, 6.45) is 1.80. The van der Waals surface area contributed by atoms with Gasteiger partial charge >= 0.3 is 0 Å². The van der Waals surface area contributed by atoms with Gasteiger partial charge in [0.1, 0.15) is 9.77 Å². The number of hydrogen-bond acceptors (Lipinski definition) is 6. The van der Waals surface area contributed by atoms with Crippen LogP contribution >= 0.6 is 23.1 Å². The van der Waals surface area contributed by atoms with E-state index in [1.165, 1.54) is 15.6 Å². The second-order valence-corrected chi connectivity index (χ2v) is 10.0. The fraction of sp³-hybridized carbons (Fsp3) is 0.667. The molecule has 24 heavy (non-hydrogen) atoms. The van der Waals surface area contributed by atoms with Crippen molar-refractivity contribution in [1.29, 1.82) is 0 Å². The number of nitrogens with zero attached hydrogens (tertiary/aromatic N) is 2. The van der Waals surface area contributed by atoms with Crippen molar-refractivity contribution in [2.75, 3.05) is 44.7 Å². The monoisotopic (exact) mass is 389 g/mol. The predicted octanol–water partition coefficient (Wildman–Crippen LogP) is 1.31. The Morgan fingerprint density at radius 1 is 1.21 bits per heavy atom. The number of sulfonamides is 1. The van der Waals surface area contributed by atoms with Gasteiger partial charge in [0.2, 0.25) is 10.0 Å². The van der Waals surface area contributed by atoms with Gasteiger partial charge in [-0.1, -0.05) is 0 Å². The van der Waals surface area contributed by atoms with Gasteiger partial charge in [0.25, 0.3) is 5.91 Å². The number of carbonyl (C=O) groups is 1. The number of thiophene rings is 1. The highest BCUT2D eigenvalue weighted by molar-refractivity contribution is 7.99. The molecule has 2 aliphatic heterocycles. The number of likely N-dealkylation sites (tertiary alicyclic amines) is 1. The Balaban J connectivity index is 1.78. The summed E-state index contributed by atoms with van der Waals surface area (Å²) in [4.78, 5) is 15.2. The third-order valence-electron chi connectivity index (χ3n) is 4.60. The van der Waals surface area contributed by atoms with Crippen LogP contribution in [0.3, 0.4) is 0 Å². The van der Waals surface area contributed by atoms with Crippen LogP contribution in [0.4, 0.5) is 0 Å². The lowest BCUT2D eigenvalue weighted by atomic mass is 10.1. The third kappa shape index (κ3) is 3.65. The van der Waals surface area contributed by atoms with Crippen LogP contribution in [-0.2, 0) is 10.0 Å². The zero-order valence-electron chi connectivity index (χ0n) is 13.7. The fourth-order valence-electron chi connectivity index (χ4n) is 3.10. The third-order valence-corrected chi connectivity index (χ3v) is 8.52. The van der Waals surface area contributed by atoms with Gasteiger partial charge in [0.15, 0.2) is 0 Å². The summed E-state index contributed by atoms with van der Waals surface area (Å²) in [6.45, 7) is 2.37. The van der Waals surface area contributed by atoms with E-state index >= 15 is 0 Å². The fourth-order valence-corrected chi connectivity index (χ4v) is 7.04. The summed E-state index contributed by atoms with van der Waals surface area (Å²) >= 11 is 2.99. The van der Waals surface area contributed by atoms with Crippen LogP contribution in [0.2, 0.25) is 0 Å². The number of piperidine rings is 1. The molecule has 3 heterocycles. The van der Waals surface area contributed by atoms with Crippen LogP contribution in [-0.4, -0.2) is 74.3 Å². The molecule has 2 saturated heterocycles. The normalized spacial score (nSPS) is 21.1. The van der Waals surface area contributed by atoms with E-state index in [1.807, 2.05) is 7.05 Å². The van der Waals surface area contributed by atoms with E-state index in [4.69, 9.17) is 0 Å². The number of thioether (sulfide) groups is 1. The van der Waals surface area contributed by atoms with Crippen LogP contribution in [0.15, 0.2) is 16.3 Å². The molecule has 0 unspecified atom stereocenters. The van der Waals surface area contributed by atoms with E-state index in [9.17, 15) is 13.2 Å². The van der Waals surface area contributed by atoms with Crippen LogP contribution in [0.1, 0.15) is 22.5 Å². The minimum atomic E-state index is -3.58. The van der Waals surface area contributed by atoms with Crippen LogP contribution in [0.25, 0.3) is 0 Å². The minimum Gasteiger partial charge on any atom is -0.338 e. The molecule has 1 N–H and O–H groups in total. The second-order valence-electron chi connectivity index (χ2n) is 5.99. The van der Waals surface area contributed by atoms with Gasteiger partial charge in [0, 0.05) is 43.7 Å². The maximum Gasteiger partial charge on any atom is 0.265 e. The van der Waals surface area contributed by atoms with E-state index in [0.29, 0.717) is 37.1 Å². The van der Waals surface area contributed by atoms with Gasteiger partial charge < -0.3 is 10.2 Å². The molecule has 1 amide bonds. The van der Waals surface area contributed by atoms with Crippen molar-refractivity contribution >= 4 is 39.0 Å². The summed E-state index contributed by atoms with van der Waals surface area (Å²) in [5.41, 5.74) is 0. The molecule has 6 nitrogen and oxygen atoms in total. The maximum absolute atomic E-state index is 12.9. The first-order valence-electron chi connectivity index (χ1n) is 8.16. The average Bonchev–Trinajstić information content (AvgIpc) is 3.12. The summed E-state index contributed by atoms with van der Waals surface area (Å²) in [5, 5.41) is 4.94. The Labute approximate surface area is 151 Å². The summed E-state index contributed by atoms with van der Waals surface area (Å²) in [5.74, 6) is 1.47. The van der Waals surface area contributed by atoms with E-state index < -0.39 is 10.0 Å². The summed E-state index contributed by atoms with van der Waals surface area (Å²) in [6, 6.07) is 2.02. The smallest absolute Gasteiger partial charge is 0.265 e. The van der Waals surface area contributed by atoms with E-state index in [-0.39, 0.29) is 10.8 Å². The highest BCUT2D eigenvalue weighted by Gasteiger charge is 2.33. The zero-order chi connectivity index (χ0) is 17.2.